The van der Waals surface area contributed by atoms with Crippen molar-refractivity contribution in [2.75, 3.05) is 23.7 Å². The largest absolute Gasteiger partial charge is 0.370 e. The topological polar surface area (TPSA) is 92.9 Å². The van der Waals surface area contributed by atoms with Crippen molar-refractivity contribution in [2.45, 2.75) is 13.3 Å². The highest BCUT2D eigenvalue weighted by Crippen LogP contribution is 2.11. The van der Waals surface area contributed by atoms with E-state index in [1.54, 1.807) is 0 Å². The molecule has 0 aliphatic rings. The van der Waals surface area contributed by atoms with Crippen LogP contribution in [0.4, 0.5) is 16.2 Å². The Morgan fingerprint density at radius 2 is 2.31 bits per heavy atom. The van der Waals surface area contributed by atoms with E-state index in [0.717, 1.165) is 6.20 Å². The quantitative estimate of drug-likeness (QED) is 0.651. The molecule has 1 aromatic heterocycles. The fourth-order valence-corrected chi connectivity index (χ4v) is 1.04. The van der Waals surface area contributed by atoms with Gasteiger partial charge in [0, 0.05) is 19.5 Å². The van der Waals surface area contributed by atoms with Crippen molar-refractivity contribution >= 4 is 17.7 Å². The van der Waals surface area contributed by atoms with Crippen molar-refractivity contribution in [1.29, 1.82) is 0 Å². The number of amides is 1. The summed E-state index contributed by atoms with van der Waals surface area (Å²) in [6, 6.07) is 0. The molecule has 0 aliphatic carbocycles. The van der Waals surface area contributed by atoms with Crippen LogP contribution < -0.4 is 16.4 Å². The number of aromatic nitrogens is 2. The third-order valence-corrected chi connectivity index (χ3v) is 1.74. The molecule has 1 amide bonds. The standard InChI is InChI=1S/C9H14FN5O/c1-2-12-9-14-5-6(10)8(15-9)13-4-3-7(11)16/h5H,2-4H2,1H3,(H2,11,16)(H2,12,13,14,15). The van der Waals surface area contributed by atoms with Gasteiger partial charge in [0.1, 0.15) is 0 Å². The first kappa shape index (κ1) is 12.2. The van der Waals surface area contributed by atoms with Crippen LogP contribution in [0.15, 0.2) is 6.20 Å². The molecule has 0 saturated carbocycles. The molecule has 0 aromatic carbocycles. The Labute approximate surface area is 92.5 Å². The normalized spacial score (nSPS) is 9.88. The first-order valence-electron chi connectivity index (χ1n) is 4.92. The summed E-state index contributed by atoms with van der Waals surface area (Å²) in [5, 5.41) is 5.53. The number of hydrogen-bond donors (Lipinski definition) is 3. The Morgan fingerprint density at radius 3 is 2.94 bits per heavy atom. The molecule has 16 heavy (non-hydrogen) atoms. The predicted molar refractivity (Wildman–Crippen MR) is 58.5 cm³/mol. The summed E-state index contributed by atoms with van der Waals surface area (Å²) in [7, 11) is 0. The van der Waals surface area contributed by atoms with Crippen molar-refractivity contribution in [3.63, 3.8) is 0 Å². The number of hydrogen-bond acceptors (Lipinski definition) is 5. The van der Waals surface area contributed by atoms with Gasteiger partial charge in [-0.1, -0.05) is 0 Å². The second kappa shape index (κ2) is 5.84. The maximum Gasteiger partial charge on any atom is 0.224 e. The average molecular weight is 227 g/mol. The highest BCUT2D eigenvalue weighted by Gasteiger charge is 2.06. The van der Waals surface area contributed by atoms with Crippen LogP contribution in [-0.4, -0.2) is 29.0 Å². The van der Waals surface area contributed by atoms with E-state index < -0.39 is 11.7 Å². The first-order chi connectivity index (χ1) is 7.63. The summed E-state index contributed by atoms with van der Waals surface area (Å²) < 4.78 is 13.2. The van der Waals surface area contributed by atoms with Gasteiger partial charge < -0.3 is 16.4 Å². The number of nitrogens with one attached hydrogen (secondary N) is 2. The lowest BCUT2D eigenvalue weighted by molar-refractivity contribution is -0.117. The van der Waals surface area contributed by atoms with Crippen molar-refractivity contribution in [1.82, 2.24) is 9.97 Å². The van der Waals surface area contributed by atoms with E-state index in [1.165, 1.54) is 0 Å². The van der Waals surface area contributed by atoms with Gasteiger partial charge >= 0.3 is 0 Å². The van der Waals surface area contributed by atoms with Crippen LogP contribution >= 0.6 is 0 Å². The van der Waals surface area contributed by atoms with Crippen molar-refractivity contribution in [3.05, 3.63) is 12.0 Å². The van der Waals surface area contributed by atoms with Gasteiger partial charge in [0.15, 0.2) is 11.6 Å². The maximum atomic E-state index is 13.2. The average Bonchev–Trinajstić information content (AvgIpc) is 2.22. The summed E-state index contributed by atoms with van der Waals surface area (Å²) in [6.45, 7) is 2.77. The van der Waals surface area contributed by atoms with E-state index in [1.807, 2.05) is 6.92 Å². The number of carbonyl (C=O) groups is 1. The Morgan fingerprint density at radius 1 is 1.56 bits per heavy atom. The highest BCUT2D eigenvalue weighted by atomic mass is 19.1. The molecule has 0 fully saturated rings. The molecule has 1 aromatic rings. The van der Waals surface area contributed by atoms with Gasteiger partial charge in [-0.3, -0.25) is 4.79 Å². The predicted octanol–water partition coefficient (Wildman–Crippen LogP) is 0.335. The van der Waals surface area contributed by atoms with Gasteiger partial charge in [-0.15, -0.1) is 0 Å². The lowest BCUT2D eigenvalue weighted by Gasteiger charge is -2.07. The van der Waals surface area contributed by atoms with Crippen LogP contribution in [0, 0.1) is 5.82 Å². The summed E-state index contributed by atoms with van der Waals surface area (Å²) >= 11 is 0. The van der Waals surface area contributed by atoms with E-state index in [4.69, 9.17) is 5.73 Å². The molecule has 0 bridgehead atoms. The van der Waals surface area contributed by atoms with Gasteiger partial charge in [0.2, 0.25) is 11.9 Å². The van der Waals surface area contributed by atoms with Crippen molar-refractivity contribution in [2.24, 2.45) is 5.73 Å². The van der Waals surface area contributed by atoms with E-state index in [2.05, 4.69) is 20.6 Å². The molecular weight excluding hydrogens is 213 g/mol. The number of halogens is 1. The third-order valence-electron chi connectivity index (χ3n) is 1.74. The number of primary amides is 1. The fourth-order valence-electron chi connectivity index (χ4n) is 1.04. The van der Waals surface area contributed by atoms with Crippen LogP contribution in [0.5, 0.6) is 0 Å². The summed E-state index contributed by atoms with van der Waals surface area (Å²) in [6.07, 6.45) is 1.19. The Hall–Kier alpha value is -1.92. The Balaban J connectivity index is 2.62. The lowest BCUT2D eigenvalue weighted by Crippen LogP contribution is -2.17. The van der Waals surface area contributed by atoms with Crippen LogP contribution in [-0.2, 0) is 4.79 Å². The van der Waals surface area contributed by atoms with E-state index in [0.29, 0.717) is 12.5 Å². The number of nitrogens with zero attached hydrogens (tertiary/aromatic N) is 2. The fraction of sp³-hybridized carbons (Fsp3) is 0.444. The van der Waals surface area contributed by atoms with Gasteiger partial charge in [-0.05, 0) is 6.92 Å². The third kappa shape index (κ3) is 3.68. The molecule has 4 N–H and O–H groups in total. The molecule has 0 radical (unpaired) electrons. The van der Waals surface area contributed by atoms with Gasteiger partial charge in [-0.2, -0.15) is 4.98 Å². The zero-order valence-corrected chi connectivity index (χ0v) is 8.96. The summed E-state index contributed by atoms with van der Waals surface area (Å²) in [5.41, 5.74) is 4.95. The first-order valence-corrected chi connectivity index (χ1v) is 4.92. The molecule has 0 saturated heterocycles. The van der Waals surface area contributed by atoms with Gasteiger partial charge in [0.05, 0.1) is 6.20 Å². The monoisotopic (exact) mass is 227 g/mol. The Bertz CT molecular complexity index is 371. The molecule has 6 nitrogen and oxygen atoms in total. The minimum atomic E-state index is -0.564. The summed E-state index contributed by atoms with van der Waals surface area (Å²) in [4.78, 5) is 18.1. The molecular formula is C9H14FN5O. The van der Waals surface area contributed by atoms with Crippen LogP contribution in [0.3, 0.4) is 0 Å². The lowest BCUT2D eigenvalue weighted by atomic mass is 10.4. The second-order valence-electron chi connectivity index (χ2n) is 3.06. The highest BCUT2D eigenvalue weighted by molar-refractivity contribution is 5.74. The second-order valence-corrected chi connectivity index (χ2v) is 3.06. The minimum Gasteiger partial charge on any atom is -0.370 e. The zero-order chi connectivity index (χ0) is 12.0. The zero-order valence-electron chi connectivity index (χ0n) is 8.96. The van der Waals surface area contributed by atoms with Crippen molar-refractivity contribution < 1.29 is 9.18 Å². The number of nitrogens with two attached hydrogens (primary N) is 1. The number of carbonyl (C=O) groups excluding carboxylic acids is 1. The van der Waals surface area contributed by atoms with Gasteiger partial charge in [-0.25, -0.2) is 9.37 Å². The number of anilines is 2. The molecule has 0 unspecified atom stereocenters. The van der Waals surface area contributed by atoms with Crippen LogP contribution in [0.1, 0.15) is 13.3 Å². The molecule has 1 rings (SSSR count). The van der Waals surface area contributed by atoms with Crippen LogP contribution in [0.2, 0.25) is 0 Å². The van der Waals surface area contributed by atoms with E-state index in [9.17, 15) is 9.18 Å². The molecule has 88 valence electrons. The molecule has 0 spiro atoms. The molecule has 0 atom stereocenters. The van der Waals surface area contributed by atoms with Crippen LogP contribution in [0.25, 0.3) is 0 Å². The number of rotatable bonds is 6. The van der Waals surface area contributed by atoms with Crippen molar-refractivity contribution in [3.8, 4) is 0 Å². The smallest absolute Gasteiger partial charge is 0.224 e. The van der Waals surface area contributed by atoms with E-state index in [-0.39, 0.29) is 18.8 Å². The SMILES string of the molecule is CCNc1ncc(F)c(NCCC(N)=O)n1. The molecule has 1 heterocycles. The van der Waals surface area contributed by atoms with E-state index >= 15 is 0 Å². The Kier molecular flexibility index (Phi) is 4.43. The minimum absolute atomic E-state index is 0.0622. The molecule has 7 heteroatoms. The maximum absolute atomic E-state index is 13.2. The van der Waals surface area contributed by atoms with Gasteiger partial charge in [0.25, 0.3) is 0 Å². The summed E-state index contributed by atoms with van der Waals surface area (Å²) in [5.74, 6) is -0.613. The molecule has 0 aliphatic heterocycles.